The Bertz CT molecular complexity index is 431. The van der Waals surface area contributed by atoms with Gasteiger partial charge in [0.2, 0.25) is 0 Å². The van der Waals surface area contributed by atoms with Crippen LogP contribution in [0, 0.1) is 0 Å². The summed E-state index contributed by atoms with van der Waals surface area (Å²) in [4.78, 5) is 4.08. The fourth-order valence-electron chi connectivity index (χ4n) is 1.08. The molecule has 0 amide bonds. The average Bonchev–Trinajstić information content (AvgIpc) is 2.17. The van der Waals surface area contributed by atoms with Gasteiger partial charge in [-0.2, -0.15) is 0 Å². The first-order valence-electron chi connectivity index (χ1n) is 4.47. The first-order chi connectivity index (χ1) is 6.95. The highest BCUT2D eigenvalue weighted by molar-refractivity contribution is 7.90. The van der Waals surface area contributed by atoms with Crippen molar-refractivity contribution in [2.75, 3.05) is 18.2 Å². The summed E-state index contributed by atoms with van der Waals surface area (Å²) in [6.45, 7) is 1.65. The van der Waals surface area contributed by atoms with E-state index in [9.17, 15) is 8.42 Å². The van der Waals surface area contributed by atoms with Gasteiger partial charge in [0.15, 0.2) is 9.84 Å². The molecular formula is C9H14N2O3S. The maximum Gasteiger partial charge on any atom is 0.179 e. The minimum atomic E-state index is -3.29. The molecule has 0 saturated carbocycles. The van der Waals surface area contributed by atoms with Crippen LogP contribution in [0.4, 0.5) is 5.82 Å². The molecule has 84 valence electrons. The summed E-state index contributed by atoms with van der Waals surface area (Å²) in [5, 5.41) is 11.7. The molecule has 1 rings (SSSR count). The van der Waals surface area contributed by atoms with Gasteiger partial charge in [0.1, 0.15) is 10.7 Å². The predicted molar refractivity (Wildman–Crippen MR) is 57.5 cm³/mol. The van der Waals surface area contributed by atoms with Crippen LogP contribution < -0.4 is 5.32 Å². The normalized spacial score (nSPS) is 13.5. The van der Waals surface area contributed by atoms with Gasteiger partial charge in [-0.25, -0.2) is 13.4 Å². The second-order valence-corrected chi connectivity index (χ2v) is 5.33. The molecule has 1 aromatic rings. The van der Waals surface area contributed by atoms with E-state index >= 15 is 0 Å². The average molecular weight is 230 g/mol. The van der Waals surface area contributed by atoms with Gasteiger partial charge in [0, 0.05) is 18.5 Å². The van der Waals surface area contributed by atoms with Crippen LogP contribution in [-0.4, -0.2) is 37.4 Å². The third-order valence-corrected chi connectivity index (χ3v) is 2.96. The van der Waals surface area contributed by atoms with Crippen molar-refractivity contribution >= 4 is 15.7 Å². The van der Waals surface area contributed by atoms with Crippen molar-refractivity contribution in [3.63, 3.8) is 0 Å². The van der Waals surface area contributed by atoms with E-state index in [1.807, 2.05) is 0 Å². The molecule has 0 fully saturated rings. The van der Waals surface area contributed by atoms with Crippen LogP contribution in [0.1, 0.15) is 6.92 Å². The SMILES string of the molecule is CC(CO)Nc1ncccc1S(C)(=O)=O. The summed E-state index contributed by atoms with van der Waals surface area (Å²) in [5.41, 5.74) is 0. The molecule has 1 unspecified atom stereocenters. The second kappa shape index (κ2) is 4.59. The van der Waals surface area contributed by atoms with E-state index in [4.69, 9.17) is 5.11 Å². The van der Waals surface area contributed by atoms with Crippen LogP contribution in [0.15, 0.2) is 23.2 Å². The van der Waals surface area contributed by atoms with E-state index in [2.05, 4.69) is 10.3 Å². The Morgan fingerprint density at radius 1 is 1.60 bits per heavy atom. The van der Waals surface area contributed by atoms with Crippen LogP contribution in [0.2, 0.25) is 0 Å². The molecule has 0 spiro atoms. The number of hydrogen-bond acceptors (Lipinski definition) is 5. The number of aliphatic hydroxyl groups excluding tert-OH is 1. The standard InChI is InChI=1S/C9H14N2O3S/c1-7(6-12)11-9-8(15(2,13)14)4-3-5-10-9/h3-5,7,12H,6H2,1-2H3,(H,10,11). The topological polar surface area (TPSA) is 79.3 Å². The van der Waals surface area contributed by atoms with Crippen molar-refractivity contribution in [2.24, 2.45) is 0 Å². The van der Waals surface area contributed by atoms with E-state index in [0.717, 1.165) is 6.26 Å². The number of rotatable bonds is 4. The highest BCUT2D eigenvalue weighted by Crippen LogP contribution is 2.18. The number of anilines is 1. The number of nitrogens with one attached hydrogen (secondary N) is 1. The molecule has 0 saturated heterocycles. The summed E-state index contributed by atoms with van der Waals surface area (Å²) >= 11 is 0. The molecular weight excluding hydrogens is 216 g/mol. The third kappa shape index (κ3) is 3.17. The lowest BCUT2D eigenvalue weighted by Gasteiger charge is -2.13. The largest absolute Gasteiger partial charge is 0.394 e. The van der Waals surface area contributed by atoms with Gasteiger partial charge in [-0.1, -0.05) is 0 Å². The predicted octanol–water partition coefficient (Wildman–Crippen LogP) is 0.278. The monoisotopic (exact) mass is 230 g/mol. The number of aliphatic hydroxyl groups is 1. The molecule has 0 aromatic carbocycles. The molecule has 2 N–H and O–H groups in total. The van der Waals surface area contributed by atoms with E-state index in [1.54, 1.807) is 13.0 Å². The second-order valence-electron chi connectivity index (χ2n) is 3.35. The Labute approximate surface area is 89.1 Å². The fraction of sp³-hybridized carbons (Fsp3) is 0.444. The fourth-order valence-corrected chi connectivity index (χ4v) is 1.87. The van der Waals surface area contributed by atoms with Crippen LogP contribution in [0.3, 0.4) is 0 Å². The number of hydrogen-bond donors (Lipinski definition) is 2. The van der Waals surface area contributed by atoms with E-state index in [-0.39, 0.29) is 23.4 Å². The van der Waals surface area contributed by atoms with Crippen molar-refractivity contribution in [3.05, 3.63) is 18.3 Å². The van der Waals surface area contributed by atoms with Gasteiger partial charge in [0.05, 0.1) is 6.61 Å². The van der Waals surface area contributed by atoms with Gasteiger partial charge in [-0.15, -0.1) is 0 Å². The molecule has 0 aliphatic heterocycles. The summed E-state index contributed by atoms with van der Waals surface area (Å²) < 4.78 is 22.8. The number of sulfone groups is 1. The minimum Gasteiger partial charge on any atom is -0.394 e. The first kappa shape index (κ1) is 11.9. The molecule has 6 heteroatoms. The zero-order valence-corrected chi connectivity index (χ0v) is 9.45. The Morgan fingerprint density at radius 3 is 2.80 bits per heavy atom. The first-order valence-corrected chi connectivity index (χ1v) is 6.36. The quantitative estimate of drug-likeness (QED) is 0.776. The van der Waals surface area contributed by atoms with E-state index < -0.39 is 9.84 Å². The molecule has 0 radical (unpaired) electrons. The van der Waals surface area contributed by atoms with Gasteiger partial charge in [-0.05, 0) is 19.1 Å². The minimum absolute atomic E-state index is 0.0836. The van der Waals surface area contributed by atoms with Gasteiger partial charge in [-0.3, -0.25) is 0 Å². The molecule has 0 bridgehead atoms. The molecule has 0 aliphatic rings. The number of pyridine rings is 1. The Kier molecular flexibility index (Phi) is 3.65. The molecule has 1 aromatic heterocycles. The van der Waals surface area contributed by atoms with Crippen molar-refractivity contribution in [2.45, 2.75) is 17.9 Å². The van der Waals surface area contributed by atoms with E-state index in [0.29, 0.717) is 0 Å². The van der Waals surface area contributed by atoms with Gasteiger partial charge >= 0.3 is 0 Å². The highest BCUT2D eigenvalue weighted by atomic mass is 32.2. The maximum atomic E-state index is 11.4. The van der Waals surface area contributed by atoms with E-state index in [1.165, 1.54) is 12.3 Å². The molecule has 0 aliphatic carbocycles. The van der Waals surface area contributed by atoms with Crippen LogP contribution in [0.25, 0.3) is 0 Å². The smallest absolute Gasteiger partial charge is 0.179 e. The summed E-state index contributed by atoms with van der Waals surface area (Å²) in [7, 11) is -3.29. The van der Waals surface area contributed by atoms with Crippen molar-refractivity contribution in [1.29, 1.82) is 0 Å². The third-order valence-electron chi connectivity index (χ3n) is 1.83. The van der Waals surface area contributed by atoms with Crippen molar-refractivity contribution in [3.8, 4) is 0 Å². The van der Waals surface area contributed by atoms with Gasteiger partial charge < -0.3 is 10.4 Å². The summed E-state index contributed by atoms with van der Waals surface area (Å²) in [6, 6.07) is 2.81. The van der Waals surface area contributed by atoms with Crippen LogP contribution in [0.5, 0.6) is 0 Å². The lowest BCUT2D eigenvalue weighted by atomic mass is 10.3. The zero-order chi connectivity index (χ0) is 11.5. The molecule has 15 heavy (non-hydrogen) atoms. The van der Waals surface area contributed by atoms with Crippen LogP contribution >= 0.6 is 0 Å². The number of aromatic nitrogens is 1. The molecule has 1 heterocycles. The lowest BCUT2D eigenvalue weighted by molar-refractivity contribution is 0.281. The molecule has 5 nitrogen and oxygen atoms in total. The molecule has 1 atom stereocenters. The van der Waals surface area contributed by atoms with Crippen molar-refractivity contribution < 1.29 is 13.5 Å². The van der Waals surface area contributed by atoms with Crippen LogP contribution in [-0.2, 0) is 9.84 Å². The Balaban J connectivity index is 3.08. The Morgan fingerprint density at radius 2 is 2.27 bits per heavy atom. The van der Waals surface area contributed by atoms with Crippen molar-refractivity contribution in [1.82, 2.24) is 4.98 Å². The Hall–Kier alpha value is -1.14. The lowest BCUT2D eigenvalue weighted by Crippen LogP contribution is -2.21. The number of nitrogens with zero attached hydrogens (tertiary/aromatic N) is 1. The zero-order valence-electron chi connectivity index (χ0n) is 8.64. The van der Waals surface area contributed by atoms with Gasteiger partial charge in [0.25, 0.3) is 0 Å². The summed E-state index contributed by atoms with van der Waals surface area (Å²) in [5.74, 6) is 0.279. The highest BCUT2D eigenvalue weighted by Gasteiger charge is 2.14. The summed E-state index contributed by atoms with van der Waals surface area (Å²) in [6.07, 6.45) is 2.62. The maximum absolute atomic E-state index is 11.4.